The molecule has 2 aromatic carbocycles. The molecular weight excluding hydrogens is 354 g/mol. The summed E-state index contributed by atoms with van der Waals surface area (Å²) in [5, 5.41) is 2.92. The Bertz CT molecular complexity index is 829. The molecule has 3 rings (SSSR count). The zero-order chi connectivity index (χ0) is 20.3. The van der Waals surface area contributed by atoms with E-state index in [2.05, 4.69) is 5.32 Å². The van der Waals surface area contributed by atoms with Crippen LogP contribution < -0.4 is 19.9 Å². The van der Waals surface area contributed by atoms with Gasteiger partial charge in [-0.2, -0.15) is 0 Å². The highest BCUT2D eigenvalue weighted by Crippen LogP contribution is 2.28. The summed E-state index contributed by atoms with van der Waals surface area (Å²) in [6, 6.07) is 15.0. The molecule has 0 saturated carbocycles. The molecular formula is C22H27N3O3. The van der Waals surface area contributed by atoms with Crippen molar-refractivity contribution in [3.8, 4) is 5.75 Å². The van der Waals surface area contributed by atoms with Gasteiger partial charge in [-0.3, -0.25) is 9.59 Å². The summed E-state index contributed by atoms with van der Waals surface area (Å²) in [6.07, 6.45) is 0.311. The highest BCUT2D eigenvalue weighted by molar-refractivity contribution is 6.03. The van der Waals surface area contributed by atoms with Gasteiger partial charge in [0.05, 0.1) is 12.0 Å². The summed E-state index contributed by atoms with van der Waals surface area (Å²) in [5.41, 5.74) is 2.58. The minimum atomic E-state index is -0.368. The minimum Gasteiger partial charge on any atom is -0.491 e. The molecule has 0 radical (unpaired) electrons. The Kier molecular flexibility index (Phi) is 5.87. The zero-order valence-corrected chi connectivity index (χ0v) is 16.8. The molecule has 2 aromatic rings. The Morgan fingerprint density at radius 1 is 1.11 bits per heavy atom. The lowest BCUT2D eigenvalue weighted by atomic mass is 10.1. The molecule has 1 aliphatic rings. The lowest BCUT2D eigenvalue weighted by molar-refractivity contribution is -0.122. The molecule has 6 nitrogen and oxygen atoms in total. The van der Waals surface area contributed by atoms with Crippen molar-refractivity contribution in [1.82, 2.24) is 0 Å². The normalized spacial score (nSPS) is 16.4. The number of ether oxygens (including phenoxy) is 1. The fourth-order valence-corrected chi connectivity index (χ4v) is 3.20. The summed E-state index contributed by atoms with van der Waals surface area (Å²) in [5.74, 6) is 0.224. The van der Waals surface area contributed by atoms with E-state index < -0.39 is 0 Å². The van der Waals surface area contributed by atoms with Crippen LogP contribution in [-0.2, 0) is 9.59 Å². The average molecular weight is 381 g/mol. The molecule has 0 aromatic heterocycles. The van der Waals surface area contributed by atoms with Crippen molar-refractivity contribution in [2.24, 2.45) is 5.92 Å². The second kappa shape index (κ2) is 8.33. The largest absolute Gasteiger partial charge is 0.491 e. The van der Waals surface area contributed by atoms with Gasteiger partial charge in [-0.25, -0.2) is 0 Å². The molecule has 28 heavy (non-hydrogen) atoms. The Morgan fingerprint density at radius 3 is 2.32 bits per heavy atom. The van der Waals surface area contributed by atoms with Crippen LogP contribution in [0.1, 0.15) is 20.3 Å². The zero-order valence-electron chi connectivity index (χ0n) is 16.8. The van der Waals surface area contributed by atoms with Crippen molar-refractivity contribution >= 4 is 28.9 Å². The average Bonchev–Trinajstić information content (AvgIpc) is 3.04. The molecule has 0 bridgehead atoms. The number of rotatable bonds is 6. The Labute approximate surface area is 166 Å². The molecule has 1 fully saturated rings. The number of carbonyl (C=O) groups excluding carboxylic acids is 2. The standard InChI is InChI=1S/C22H27N3O3/c1-15(2)28-20-11-9-19(10-12-20)25-14-16(13-21(25)26)22(27)23-17-5-7-18(8-6-17)24(3)4/h5-12,15-16H,13-14H2,1-4H3,(H,23,27). The second-order valence-electron chi connectivity index (χ2n) is 7.50. The monoisotopic (exact) mass is 381 g/mol. The van der Waals surface area contributed by atoms with Gasteiger partial charge in [-0.1, -0.05) is 0 Å². The number of carbonyl (C=O) groups is 2. The molecule has 0 aliphatic carbocycles. The maximum Gasteiger partial charge on any atom is 0.229 e. The van der Waals surface area contributed by atoms with Gasteiger partial charge in [-0.15, -0.1) is 0 Å². The van der Waals surface area contributed by atoms with Crippen LogP contribution >= 0.6 is 0 Å². The smallest absolute Gasteiger partial charge is 0.229 e. The van der Waals surface area contributed by atoms with Crippen LogP contribution in [0.5, 0.6) is 5.75 Å². The van der Waals surface area contributed by atoms with Crippen molar-refractivity contribution in [3.05, 3.63) is 48.5 Å². The van der Waals surface area contributed by atoms with Crippen molar-refractivity contribution in [2.45, 2.75) is 26.4 Å². The number of nitrogens with one attached hydrogen (secondary N) is 1. The molecule has 148 valence electrons. The third-order valence-corrected chi connectivity index (χ3v) is 4.67. The van der Waals surface area contributed by atoms with Gasteiger partial charge in [-0.05, 0) is 62.4 Å². The van der Waals surface area contributed by atoms with Gasteiger partial charge >= 0.3 is 0 Å². The number of anilines is 3. The predicted octanol–water partition coefficient (Wildman–Crippen LogP) is 3.53. The number of amides is 2. The van der Waals surface area contributed by atoms with Crippen LogP contribution in [0.4, 0.5) is 17.1 Å². The highest BCUT2D eigenvalue weighted by Gasteiger charge is 2.35. The van der Waals surface area contributed by atoms with Crippen LogP contribution in [0.25, 0.3) is 0 Å². The van der Waals surface area contributed by atoms with E-state index in [9.17, 15) is 9.59 Å². The van der Waals surface area contributed by atoms with Crippen molar-refractivity contribution in [3.63, 3.8) is 0 Å². The SMILES string of the molecule is CC(C)Oc1ccc(N2CC(C(=O)Nc3ccc(N(C)C)cc3)CC2=O)cc1. The first-order chi connectivity index (χ1) is 13.3. The molecule has 1 heterocycles. The van der Waals surface area contributed by atoms with Crippen LogP contribution in [0.15, 0.2) is 48.5 Å². The summed E-state index contributed by atoms with van der Waals surface area (Å²) in [6.45, 7) is 4.31. The van der Waals surface area contributed by atoms with E-state index in [0.29, 0.717) is 6.54 Å². The van der Waals surface area contributed by atoms with Gasteiger partial charge in [0.15, 0.2) is 0 Å². The van der Waals surface area contributed by atoms with E-state index in [-0.39, 0.29) is 30.3 Å². The summed E-state index contributed by atoms with van der Waals surface area (Å²) in [7, 11) is 3.93. The first kappa shape index (κ1) is 19.7. The second-order valence-corrected chi connectivity index (χ2v) is 7.50. The number of hydrogen-bond acceptors (Lipinski definition) is 4. The first-order valence-electron chi connectivity index (χ1n) is 9.49. The maximum absolute atomic E-state index is 12.6. The quantitative estimate of drug-likeness (QED) is 0.832. The summed E-state index contributed by atoms with van der Waals surface area (Å²) in [4.78, 5) is 28.7. The topological polar surface area (TPSA) is 61.9 Å². The number of nitrogens with zero attached hydrogens (tertiary/aromatic N) is 2. The van der Waals surface area contributed by atoms with E-state index in [4.69, 9.17) is 4.74 Å². The van der Waals surface area contributed by atoms with Crippen molar-refractivity contribution in [2.75, 3.05) is 35.8 Å². The molecule has 1 atom stereocenters. The van der Waals surface area contributed by atoms with Gasteiger partial charge in [0.25, 0.3) is 0 Å². The first-order valence-corrected chi connectivity index (χ1v) is 9.49. The van der Waals surface area contributed by atoms with Crippen molar-refractivity contribution in [1.29, 1.82) is 0 Å². The summed E-state index contributed by atoms with van der Waals surface area (Å²) < 4.78 is 5.64. The van der Waals surface area contributed by atoms with Crippen LogP contribution in [0, 0.1) is 5.92 Å². The molecule has 1 saturated heterocycles. The van der Waals surface area contributed by atoms with E-state index in [1.165, 1.54) is 0 Å². The van der Waals surface area contributed by atoms with Crippen LogP contribution in [0.2, 0.25) is 0 Å². The van der Waals surface area contributed by atoms with Gasteiger partial charge in [0, 0.05) is 44.1 Å². The van der Waals surface area contributed by atoms with Crippen LogP contribution in [0.3, 0.4) is 0 Å². The van der Waals surface area contributed by atoms with Gasteiger partial charge < -0.3 is 19.9 Å². The van der Waals surface area contributed by atoms with E-state index in [1.807, 2.05) is 81.4 Å². The fraction of sp³-hybridized carbons (Fsp3) is 0.364. The lowest BCUT2D eigenvalue weighted by Crippen LogP contribution is -2.28. The lowest BCUT2D eigenvalue weighted by Gasteiger charge is -2.18. The van der Waals surface area contributed by atoms with E-state index >= 15 is 0 Å². The van der Waals surface area contributed by atoms with Gasteiger partial charge in [0.2, 0.25) is 11.8 Å². The molecule has 1 aliphatic heterocycles. The molecule has 6 heteroatoms. The third kappa shape index (κ3) is 4.63. The molecule has 1 unspecified atom stereocenters. The minimum absolute atomic E-state index is 0.0411. The molecule has 0 spiro atoms. The summed E-state index contributed by atoms with van der Waals surface area (Å²) >= 11 is 0. The van der Waals surface area contributed by atoms with E-state index in [0.717, 1.165) is 22.8 Å². The predicted molar refractivity (Wildman–Crippen MR) is 112 cm³/mol. The molecule has 1 N–H and O–H groups in total. The van der Waals surface area contributed by atoms with E-state index in [1.54, 1.807) is 4.90 Å². The molecule has 2 amide bonds. The number of benzene rings is 2. The van der Waals surface area contributed by atoms with Gasteiger partial charge in [0.1, 0.15) is 5.75 Å². The Balaban J connectivity index is 1.62. The number of hydrogen-bond donors (Lipinski definition) is 1. The van der Waals surface area contributed by atoms with Crippen molar-refractivity contribution < 1.29 is 14.3 Å². The highest BCUT2D eigenvalue weighted by atomic mass is 16.5. The maximum atomic E-state index is 12.6. The Hall–Kier alpha value is -3.02. The Morgan fingerprint density at radius 2 is 1.75 bits per heavy atom. The van der Waals surface area contributed by atoms with Crippen LogP contribution in [-0.4, -0.2) is 38.6 Å². The fourth-order valence-electron chi connectivity index (χ4n) is 3.20. The third-order valence-electron chi connectivity index (χ3n) is 4.67.